The molecule has 0 aromatic carbocycles. The molecule has 0 bridgehead atoms. The van der Waals surface area contributed by atoms with Crippen molar-refractivity contribution in [2.75, 3.05) is 13.1 Å². The Kier molecular flexibility index (Phi) is 4.14. The number of carbonyl (C=O) groups is 1. The van der Waals surface area contributed by atoms with Crippen LogP contribution in [0, 0.1) is 5.92 Å². The first-order chi connectivity index (χ1) is 8.25. The second-order valence-corrected chi connectivity index (χ2v) is 4.73. The number of rotatable bonds is 5. The van der Waals surface area contributed by atoms with Crippen molar-refractivity contribution >= 4 is 5.91 Å². The first kappa shape index (κ1) is 12.1. The van der Waals surface area contributed by atoms with Gasteiger partial charge in [-0.15, -0.1) is 0 Å². The van der Waals surface area contributed by atoms with E-state index >= 15 is 0 Å². The summed E-state index contributed by atoms with van der Waals surface area (Å²) >= 11 is 0. The maximum absolute atomic E-state index is 11.8. The second kappa shape index (κ2) is 5.82. The summed E-state index contributed by atoms with van der Waals surface area (Å²) in [6, 6.07) is 1.93. The van der Waals surface area contributed by atoms with Crippen molar-refractivity contribution in [2.45, 2.75) is 32.4 Å². The molecule has 0 spiro atoms. The molecule has 1 amide bonds. The molecular weight excluding hydrogens is 216 g/mol. The minimum atomic E-state index is 0.0203. The standard InChI is InChI=1S/C12H20N4O/c1-10(9-16-7-3-6-15-16)8-14-12(17)11-4-2-5-13-11/h3,6-7,10-11,13H,2,4-5,8-9H2,1H3,(H,14,17). The third-order valence-corrected chi connectivity index (χ3v) is 3.06. The molecule has 2 unspecified atom stereocenters. The van der Waals surface area contributed by atoms with Crippen molar-refractivity contribution in [1.82, 2.24) is 20.4 Å². The van der Waals surface area contributed by atoms with Crippen LogP contribution in [-0.2, 0) is 11.3 Å². The molecule has 1 aromatic rings. The Hall–Kier alpha value is -1.36. The average molecular weight is 236 g/mol. The van der Waals surface area contributed by atoms with E-state index in [9.17, 15) is 4.79 Å². The summed E-state index contributed by atoms with van der Waals surface area (Å²) in [6.45, 7) is 4.62. The van der Waals surface area contributed by atoms with Gasteiger partial charge in [-0.3, -0.25) is 9.48 Å². The van der Waals surface area contributed by atoms with Crippen molar-refractivity contribution in [3.63, 3.8) is 0 Å². The lowest BCUT2D eigenvalue weighted by atomic mass is 10.1. The van der Waals surface area contributed by atoms with Gasteiger partial charge < -0.3 is 10.6 Å². The van der Waals surface area contributed by atoms with Crippen LogP contribution in [0.25, 0.3) is 0 Å². The topological polar surface area (TPSA) is 59.0 Å². The van der Waals surface area contributed by atoms with Gasteiger partial charge in [0.2, 0.25) is 5.91 Å². The van der Waals surface area contributed by atoms with Gasteiger partial charge in [0, 0.05) is 25.5 Å². The van der Waals surface area contributed by atoms with Crippen LogP contribution >= 0.6 is 0 Å². The fraction of sp³-hybridized carbons (Fsp3) is 0.667. The molecule has 94 valence electrons. The zero-order valence-corrected chi connectivity index (χ0v) is 10.2. The van der Waals surface area contributed by atoms with Gasteiger partial charge in [-0.25, -0.2) is 0 Å². The molecule has 0 radical (unpaired) electrons. The van der Waals surface area contributed by atoms with Crippen LogP contribution in [0.2, 0.25) is 0 Å². The number of carbonyl (C=O) groups excluding carboxylic acids is 1. The molecule has 1 aliphatic rings. The smallest absolute Gasteiger partial charge is 0.237 e. The lowest BCUT2D eigenvalue weighted by Crippen LogP contribution is -2.42. The molecule has 2 heterocycles. The van der Waals surface area contributed by atoms with E-state index in [1.165, 1.54) is 0 Å². The third-order valence-electron chi connectivity index (χ3n) is 3.06. The first-order valence-electron chi connectivity index (χ1n) is 6.24. The Labute approximate surface area is 102 Å². The van der Waals surface area contributed by atoms with Crippen LogP contribution in [0.3, 0.4) is 0 Å². The number of hydrogen-bond donors (Lipinski definition) is 2. The van der Waals surface area contributed by atoms with Crippen molar-refractivity contribution in [2.24, 2.45) is 5.92 Å². The summed E-state index contributed by atoms with van der Waals surface area (Å²) in [4.78, 5) is 11.8. The van der Waals surface area contributed by atoms with Gasteiger partial charge >= 0.3 is 0 Å². The van der Waals surface area contributed by atoms with Crippen LogP contribution in [0.4, 0.5) is 0 Å². The fourth-order valence-corrected chi connectivity index (χ4v) is 2.10. The van der Waals surface area contributed by atoms with Crippen molar-refractivity contribution in [3.8, 4) is 0 Å². The van der Waals surface area contributed by atoms with Gasteiger partial charge in [0.25, 0.3) is 0 Å². The lowest BCUT2D eigenvalue weighted by molar-refractivity contribution is -0.122. The minimum absolute atomic E-state index is 0.0203. The molecule has 0 saturated carbocycles. The largest absolute Gasteiger partial charge is 0.354 e. The van der Waals surface area contributed by atoms with Crippen molar-refractivity contribution < 1.29 is 4.79 Å². The summed E-state index contributed by atoms with van der Waals surface area (Å²) in [6.07, 6.45) is 5.77. The summed E-state index contributed by atoms with van der Waals surface area (Å²) in [5.74, 6) is 0.523. The fourth-order valence-electron chi connectivity index (χ4n) is 2.10. The maximum Gasteiger partial charge on any atom is 0.237 e. The molecule has 1 saturated heterocycles. The molecule has 1 aliphatic heterocycles. The summed E-state index contributed by atoms with van der Waals surface area (Å²) in [5.41, 5.74) is 0. The molecule has 2 N–H and O–H groups in total. The minimum Gasteiger partial charge on any atom is -0.354 e. The average Bonchev–Trinajstić information content (AvgIpc) is 2.97. The predicted octanol–water partition coefficient (Wildman–Crippen LogP) is 0.387. The summed E-state index contributed by atoms with van der Waals surface area (Å²) < 4.78 is 1.89. The third kappa shape index (κ3) is 3.56. The van der Waals surface area contributed by atoms with Crippen LogP contribution < -0.4 is 10.6 Å². The SMILES string of the molecule is CC(CNC(=O)C1CCCN1)Cn1cccn1. The molecule has 2 rings (SSSR count). The van der Waals surface area contributed by atoms with E-state index in [2.05, 4.69) is 22.7 Å². The van der Waals surface area contributed by atoms with Crippen LogP contribution in [0.15, 0.2) is 18.5 Å². The van der Waals surface area contributed by atoms with Crippen molar-refractivity contribution in [3.05, 3.63) is 18.5 Å². The van der Waals surface area contributed by atoms with E-state index in [-0.39, 0.29) is 11.9 Å². The quantitative estimate of drug-likeness (QED) is 0.777. The number of amides is 1. The molecule has 1 fully saturated rings. The molecule has 2 atom stereocenters. The highest BCUT2D eigenvalue weighted by Crippen LogP contribution is 2.05. The van der Waals surface area contributed by atoms with E-state index in [1.807, 2.05) is 16.9 Å². The Bertz CT molecular complexity index is 343. The number of aromatic nitrogens is 2. The second-order valence-electron chi connectivity index (χ2n) is 4.73. The molecular formula is C12H20N4O. The first-order valence-corrected chi connectivity index (χ1v) is 6.24. The Morgan fingerprint density at radius 1 is 1.71 bits per heavy atom. The van der Waals surface area contributed by atoms with E-state index in [0.717, 1.165) is 25.9 Å². The van der Waals surface area contributed by atoms with Crippen LogP contribution in [-0.4, -0.2) is 34.8 Å². The van der Waals surface area contributed by atoms with Gasteiger partial charge in [-0.2, -0.15) is 5.10 Å². The Morgan fingerprint density at radius 2 is 2.59 bits per heavy atom. The highest BCUT2D eigenvalue weighted by molar-refractivity contribution is 5.81. The van der Waals surface area contributed by atoms with Gasteiger partial charge in [-0.05, 0) is 31.4 Å². The van der Waals surface area contributed by atoms with Gasteiger partial charge in [0.15, 0.2) is 0 Å². The normalized spacial score (nSPS) is 21.4. The predicted molar refractivity (Wildman–Crippen MR) is 65.4 cm³/mol. The number of nitrogens with one attached hydrogen (secondary N) is 2. The van der Waals surface area contributed by atoms with Gasteiger partial charge in [-0.1, -0.05) is 6.92 Å². The van der Waals surface area contributed by atoms with Crippen LogP contribution in [0.1, 0.15) is 19.8 Å². The zero-order chi connectivity index (χ0) is 12.1. The number of hydrogen-bond acceptors (Lipinski definition) is 3. The summed E-state index contributed by atoms with van der Waals surface area (Å²) in [7, 11) is 0. The summed E-state index contributed by atoms with van der Waals surface area (Å²) in [5, 5.41) is 10.3. The van der Waals surface area contributed by atoms with E-state index < -0.39 is 0 Å². The zero-order valence-electron chi connectivity index (χ0n) is 10.2. The Balaban J connectivity index is 1.68. The Morgan fingerprint density at radius 3 is 3.24 bits per heavy atom. The van der Waals surface area contributed by atoms with Gasteiger partial charge in [0.05, 0.1) is 6.04 Å². The molecule has 0 aliphatic carbocycles. The van der Waals surface area contributed by atoms with E-state index in [0.29, 0.717) is 12.5 Å². The van der Waals surface area contributed by atoms with Gasteiger partial charge in [0.1, 0.15) is 0 Å². The van der Waals surface area contributed by atoms with E-state index in [4.69, 9.17) is 0 Å². The lowest BCUT2D eigenvalue weighted by Gasteiger charge is -2.15. The monoisotopic (exact) mass is 236 g/mol. The van der Waals surface area contributed by atoms with Crippen molar-refractivity contribution in [1.29, 1.82) is 0 Å². The number of nitrogens with zero attached hydrogens (tertiary/aromatic N) is 2. The van der Waals surface area contributed by atoms with E-state index in [1.54, 1.807) is 6.20 Å². The molecule has 5 heteroatoms. The highest BCUT2D eigenvalue weighted by Gasteiger charge is 2.21. The highest BCUT2D eigenvalue weighted by atomic mass is 16.2. The molecule has 17 heavy (non-hydrogen) atoms. The molecule has 5 nitrogen and oxygen atoms in total. The molecule has 1 aromatic heterocycles. The van der Waals surface area contributed by atoms with Crippen LogP contribution in [0.5, 0.6) is 0 Å². The maximum atomic E-state index is 11.8.